The maximum Gasteiger partial charge on any atom is 0.255 e. The number of hydrogen-bond donors (Lipinski definition) is 2. The third kappa shape index (κ3) is 3.83. The molecule has 0 aliphatic carbocycles. The predicted molar refractivity (Wildman–Crippen MR) is 109 cm³/mol. The molecule has 1 heterocycles. The van der Waals surface area contributed by atoms with Gasteiger partial charge in [-0.15, -0.1) is 0 Å². The zero-order chi connectivity index (χ0) is 18.7. The number of rotatable bonds is 4. The average Bonchev–Trinajstić information content (AvgIpc) is 2.64. The molecule has 5 nitrogen and oxygen atoms in total. The molecule has 0 spiro atoms. The van der Waals surface area contributed by atoms with E-state index < -0.39 is 0 Å². The van der Waals surface area contributed by atoms with Crippen molar-refractivity contribution in [2.45, 2.75) is 20.8 Å². The van der Waals surface area contributed by atoms with Crippen LogP contribution in [0, 0.1) is 13.8 Å². The molecule has 0 unspecified atom stereocenters. The minimum absolute atomic E-state index is 0.125. The van der Waals surface area contributed by atoms with Gasteiger partial charge in [0.05, 0.1) is 11.4 Å². The number of amides is 1. The summed E-state index contributed by atoms with van der Waals surface area (Å²) in [6, 6.07) is 11.5. The lowest BCUT2D eigenvalue weighted by molar-refractivity contribution is 0.102. The smallest absolute Gasteiger partial charge is 0.255 e. The van der Waals surface area contributed by atoms with E-state index in [0.29, 0.717) is 16.9 Å². The number of anilines is 3. The molecule has 26 heavy (non-hydrogen) atoms. The van der Waals surface area contributed by atoms with Gasteiger partial charge in [0, 0.05) is 37.4 Å². The Morgan fingerprint density at radius 2 is 1.77 bits per heavy atom. The van der Waals surface area contributed by atoms with Crippen molar-refractivity contribution in [1.82, 2.24) is 4.90 Å². The van der Waals surface area contributed by atoms with Crippen molar-refractivity contribution in [3.05, 3.63) is 53.1 Å². The monoisotopic (exact) mass is 352 g/mol. The van der Waals surface area contributed by atoms with Gasteiger partial charge in [0.15, 0.2) is 0 Å². The summed E-state index contributed by atoms with van der Waals surface area (Å²) >= 11 is 0. The van der Waals surface area contributed by atoms with E-state index in [0.717, 1.165) is 49.5 Å². The van der Waals surface area contributed by atoms with Gasteiger partial charge in [-0.25, -0.2) is 0 Å². The molecule has 138 valence electrons. The second-order valence-corrected chi connectivity index (χ2v) is 6.92. The molecule has 0 aromatic heterocycles. The fourth-order valence-electron chi connectivity index (χ4n) is 3.49. The summed E-state index contributed by atoms with van der Waals surface area (Å²) < 4.78 is 0. The molecule has 1 amide bonds. The van der Waals surface area contributed by atoms with Gasteiger partial charge in [-0.2, -0.15) is 0 Å². The first-order chi connectivity index (χ1) is 12.5. The minimum atomic E-state index is -0.125. The first-order valence-electron chi connectivity index (χ1n) is 9.24. The van der Waals surface area contributed by atoms with Crippen LogP contribution in [0.2, 0.25) is 0 Å². The van der Waals surface area contributed by atoms with Gasteiger partial charge in [0.2, 0.25) is 0 Å². The maximum atomic E-state index is 12.7. The summed E-state index contributed by atoms with van der Waals surface area (Å²) in [4.78, 5) is 17.5. The molecule has 1 saturated heterocycles. The number of benzene rings is 2. The minimum Gasteiger partial charge on any atom is -0.397 e. The Bertz CT molecular complexity index is 795. The van der Waals surface area contributed by atoms with Crippen molar-refractivity contribution in [3.8, 4) is 0 Å². The number of carbonyl (C=O) groups excluding carboxylic acids is 1. The van der Waals surface area contributed by atoms with Gasteiger partial charge in [-0.05, 0) is 49.7 Å². The number of nitrogens with two attached hydrogens (primary N) is 1. The topological polar surface area (TPSA) is 61.6 Å². The Morgan fingerprint density at radius 3 is 2.42 bits per heavy atom. The molecule has 0 saturated carbocycles. The fraction of sp³-hybridized carbons (Fsp3) is 0.381. The molecule has 1 aliphatic rings. The van der Waals surface area contributed by atoms with Crippen LogP contribution in [-0.4, -0.2) is 43.5 Å². The highest BCUT2D eigenvalue weighted by molar-refractivity contribution is 6.07. The molecule has 3 rings (SSSR count). The first kappa shape index (κ1) is 18.3. The Kier molecular flexibility index (Phi) is 5.47. The van der Waals surface area contributed by atoms with Crippen molar-refractivity contribution in [3.63, 3.8) is 0 Å². The van der Waals surface area contributed by atoms with E-state index in [1.165, 1.54) is 0 Å². The van der Waals surface area contributed by atoms with Crippen LogP contribution in [0.3, 0.4) is 0 Å². The number of nitrogens with one attached hydrogen (secondary N) is 1. The number of nitrogens with zero attached hydrogens (tertiary/aromatic N) is 2. The van der Waals surface area contributed by atoms with E-state index in [1.54, 1.807) is 0 Å². The highest BCUT2D eigenvalue weighted by atomic mass is 16.1. The van der Waals surface area contributed by atoms with Gasteiger partial charge in [-0.1, -0.05) is 25.1 Å². The summed E-state index contributed by atoms with van der Waals surface area (Å²) in [7, 11) is 0. The zero-order valence-electron chi connectivity index (χ0n) is 15.9. The number of hydrogen-bond acceptors (Lipinski definition) is 4. The normalized spacial score (nSPS) is 15.1. The molecule has 5 heteroatoms. The third-order valence-corrected chi connectivity index (χ3v) is 5.17. The number of nitrogen functional groups attached to an aromatic ring is 1. The average molecular weight is 352 g/mol. The molecule has 3 N–H and O–H groups in total. The van der Waals surface area contributed by atoms with E-state index >= 15 is 0 Å². The lowest BCUT2D eigenvalue weighted by Gasteiger charge is -2.36. The van der Waals surface area contributed by atoms with Crippen molar-refractivity contribution >= 4 is 23.0 Å². The number of aryl methyl sites for hydroxylation is 2. The standard InChI is InChI=1S/C21H28N4O/c1-4-24-9-11-25(12-10-24)20-14-19(18(22)13-16(20)3)23-21(26)17-8-6-5-7-15(17)2/h5-8,13-14H,4,9-12,22H2,1-3H3,(H,23,26). The van der Waals surface area contributed by atoms with Crippen LogP contribution < -0.4 is 16.0 Å². The number of piperazine rings is 1. The Labute approximate surface area is 155 Å². The quantitative estimate of drug-likeness (QED) is 0.829. The van der Waals surface area contributed by atoms with Crippen molar-refractivity contribution in [2.24, 2.45) is 0 Å². The second-order valence-electron chi connectivity index (χ2n) is 6.92. The molecule has 1 aliphatic heterocycles. The molecule has 0 radical (unpaired) electrons. The summed E-state index contributed by atoms with van der Waals surface area (Å²) in [5, 5.41) is 2.99. The first-order valence-corrected chi connectivity index (χ1v) is 9.24. The lowest BCUT2D eigenvalue weighted by Crippen LogP contribution is -2.46. The third-order valence-electron chi connectivity index (χ3n) is 5.17. The molecule has 1 fully saturated rings. The van der Waals surface area contributed by atoms with E-state index in [9.17, 15) is 4.79 Å². The largest absolute Gasteiger partial charge is 0.397 e. The number of carbonyl (C=O) groups is 1. The van der Waals surface area contributed by atoms with Gasteiger partial charge in [0.1, 0.15) is 0 Å². The van der Waals surface area contributed by atoms with Crippen LogP contribution in [0.15, 0.2) is 36.4 Å². The van der Waals surface area contributed by atoms with Crippen LogP contribution in [0.1, 0.15) is 28.4 Å². The second kappa shape index (κ2) is 7.79. The predicted octanol–water partition coefficient (Wildman–Crippen LogP) is 3.28. The molecule has 0 bridgehead atoms. The molecule has 2 aromatic rings. The van der Waals surface area contributed by atoms with Gasteiger partial charge >= 0.3 is 0 Å². The maximum absolute atomic E-state index is 12.7. The summed E-state index contributed by atoms with van der Waals surface area (Å²) in [6.45, 7) is 11.4. The van der Waals surface area contributed by atoms with Crippen LogP contribution in [0.4, 0.5) is 17.1 Å². The highest BCUT2D eigenvalue weighted by Crippen LogP contribution is 2.31. The van der Waals surface area contributed by atoms with Gasteiger partial charge in [-0.3, -0.25) is 4.79 Å². The van der Waals surface area contributed by atoms with Crippen molar-refractivity contribution in [2.75, 3.05) is 48.7 Å². The van der Waals surface area contributed by atoms with E-state index in [4.69, 9.17) is 5.73 Å². The van der Waals surface area contributed by atoms with Crippen LogP contribution in [0.5, 0.6) is 0 Å². The van der Waals surface area contributed by atoms with Gasteiger partial charge < -0.3 is 20.9 Å². The van der Waals surface area contributed by atoms with Gasteiger partial charge in [0.25, 0.3) is 5.91 Å². The van der Waals surface area contributed by atoms with Crippen molar-refractivity contribution < 1.29 is 4.79 Å². The van der Waals surface area contributed by atoms with E-state index in [-0.39, 0.29) is 5.91 Å². The molecule has 0 atom stereocenters. The van der Waals surface area contributed by atoms with E-state index in [1.807, 2.05) is 43.3 Å². The molecular weight excluding hydrogens is 324 g/mol. The Morgan fingerprint density at radius 1 is 1.08 bits per heavy atom. The highest BCUT2D eigenvalue weighted by Gasteiger charge is 2.19. The zero-order valence-corrected chi connectivity index (χ0v) is 15.9. The van der Waals surface area contributed by atoms with Crippen LogP contribution >= 0.6 is 0 Å². The fourth-order valence-corrected chi connectivity index (χ4v) is 3.49. The van der Waals surface area contributed by atoms with Crippen molar-refractivity contribution in [1.29, 1.82) is 0 Å². The Hall–Kier alpha value is -2.53. The molecular formula is C21H28N4O. The summed E-state index contributed by atoms with van der Waals surface area (Å²) in [5.41, 5.74) is 11.4. The summed E-state index contributed by atoms with van der Waals surface area (Å²) in [6.07, 6.45) is 0. The number of likely N-dealkylation sites (N-methyl/N-ethyl adjacent to an activating group) is 1. The van der Waals surface area contributed by atoms with E-state index in [2.05, 4.69) is 29.0 Å². The van der Waals surface area contributed by atoms with Crippen LogP contribution in [0.25, 0.3) is 0 Å². The SMILES string of the molecule is CCN1CCN(c2cc(NC(=O)c3ccccc3C)c(N)cc2C)CC1. The Balaban J connectivity index is 1.82. The van der Waals surface area contributed by atoms with Crippen LogP contribution in [-0.2, 0) is 0 Å². The summed E-state index contributed by atoms with van der Waals surface area (Å²) in [5.74, 6) is -0.125. The lowest BCUT2D eigenvalue weighted by atomic mass is 10.1. The molecule has 2 aromatic carbocycles.